The number of likely N-dealkylation sites (N-methyl/N-ethyl adjacent to an activating group) is 1. The molecule has 1 aliphatic carbocycles. The number of hydrogen-bond acceptors (Lipinski definition) is 4. The monoisotopic (exact) mass is 426 g/mol. The van der Waals surface area contributed by atoms with Crippen molar-refractivity contribution in [3.63, 3.8) is 0 Å². The standard InChI is InChI=1S/C26H26N4O2/c1-16-7-8-17-5-3-4-6-23(17)30(16)15-21-10-9-18-11-19-13-26(14-20(19)12-22(18)27-21)24(31)28-25(32)29(26)2/h3-6,9-12,16H,7-8,13-15H2,1-2H3,(H,28,31,32). The number of rotatable bonds is 2. The van der Waals surface area contributed by atoms with Crippen molar-refractivity contribution in [2.75, 3.05) is 11.9 Å². The van der Waals surface area contributed by atoms with Crippen LogP contribution in [0.4, 0.5) is 10.5 Å². The van der Waals surface area contributed by atoms with Crippen LogP contribution in [-0.2, 0) is 30.6 Å². The Morgan fingerprint density at radius 3 is 2.62 bits per heavy atom. The van der Waals surface area contributed by atoms with E-state index in [0.29, 0.717) is 18.9 Å². The number of carbonyl (C=O) groups excluding carboxylic acids is 2. The molecule has 3 aliphatic rings. The lowest BCUT2D eigenvalue weighted by molar-refractivity contribution is -0.125. The molecular formula is C26H26N4O2. The Hall–Kier alpha value is -3.41. The van der Waals surface area contributed by atoms with Crippen LogP contribution in [0.3, 0.4) is 0 Å². The number of pyridine rings is 1. The van der Waals surface area contributed by atoms with E-state index in [1.165, 1.54) is 11.3 Å². The normalized spacial score (nSPS) is 24.2. The molecule has 6 nitrogen and oxygen atoms in total. The largest absolute Gasteiger partial charge is 0.363 e. The molecule has 6 rings (SSSR count). The van der Waals surface area contributed by atoms with Crippen LogP contribution < -0.4 is 10.2 Å². The fraction of sp³-hybridized carbons (Fsp3) is 0.346. The second-order valence-electron chi connectivity index (χ2n) is 9.46. The minimum Gasteiger partial charge on any atom is -0.363 e. The number of imide groups is 1. The third-order valence-corrected chi connectivity index (χ3v) is 7.62. The number of aromatic nitrogens is 1. The first-order valence-electron chi connectivity index (χ1n) is 11.3. The summed E-state index contributed by atoms with van der Waals surface area (Å²) in [6.07, 6.45) is 3.36. The Morgan fingerprint density at radius 2 is 1.84 bits per heavy atom. The zero-order valence-corrected chi connectivity index (χ0v) is 18.4. The highest BCUT2D eigenvalue weighted by molar-refractivity contribution is 6.07. The van der Waals surface area contributed by atoms with Crippen molar-refractivity contribution >= 4 is 28.5 Å². The van der Waals surface area contributed by atoms with E-state index in [0.717, 1.165) is 47.1 Å². The number of aryl methyl sites for hydroxylation is 1. The lowest BCUT2D eigenvalue weighted by Gasteiger charge is -2.37. The van der Waals surface area contributed by atoms with Gasteiger partial charge in [0.15, 0.2) is 0 Å². The molecule has 6 heteroatoms. The van der Waals surface area contributed by atoms with Crippen LogP contribution in [0.15, 0.2) is 48.5 Å². The fourth-order valence-corrected chi connectivity index (χ4v) is 5.63. The molecule has 2 atom stereocenters. The lowest BCUT2D eigenvalue weighted by Crippen LogP contribution is -2.48. The summed E-state index contributed by atoms with van der Waals surface area (Å²) in [6, 6.07) is 17.3. The predicted molar refractivity (Wildman–Crippen MR) is 124 cm³/mol. The van der Waals surface area contributed by atoms with E-state index in [2.05, 4.69) is 65.7 Å². The molecule has 1 fully saturated rings. The predicted octanol–water partition coefficient (Wildman–Crippen LogP) is 3.60. The number of carbonyl (C=O) groups is 2. The number of amides is 3. The van der Waals surface area contributed by atoms with E-state index in [1.807, 2.05) is 0 Å². The van der Waals surface area contributed by atoms with Gasteiger partial charge in [-0.3, -0.25) is 15.1 Å². The number of hydrogen-bond donors (Lipinski definition) is 1. The van der Waals surface area contributed by atoms with Gasteiger partial charge in [0.1, 0.15) is 5.54 Å². The SMILES string of the molecule is CC1CCc2ccccc2N1Cc1ccc2cc3c(cc2n1)CC1(C3)C(=O)NC(=O)N1C. The maximum absolute atomic E-state index is 12.6. The quantitative estimate of drug-likeness (QED) is 0.636. The van der Waals surface area contributed by atoms with Crippen molar-refractivity contribution in [3.05, 3.63) is 70.9 Å². The van der Waals surface area contributed by atoms with E-state index in [9.17, 15) is 9.59 Å². The van der Waals surface area contributed by atoms with Crippen molar-refractivity contribution in [2.24, 2.45) is 0 Å². The van der Waals surface area contributed by atoms with Crippen molar-refractivity contribution in [1.82, 2.24) is 15.2 Å². The van der Waals surface area contributed by atoms with Gasteiger partial charge < -0.3 is 9.80 Å². The molecule has 3 heterocycles. The second kappa shape index (κ2) is 6.79. The minimum atomic E-state index is -0.799. The molecular weight excluding hydrogens is 400 g/mol. The summed E-state index contributed by atoms with van der Waals surface area (Å²) < 4.78 is 0. The molecule has 0 bridgehead atoms. The number of urea groups is 1. The fourth-order valence-electron chi connectivity index (χ4n) is 5.63. The highest BCUT2D eigenvalue weighted by Crippen LogP contribution is 2.39. The van der Waals surface area contributed by atoms with E-state index in [1.54, 1.807) is 11.9 Å². The maximum Gasteiger partial charge on any atom is 0.324 e. The molecule has 0 saturated carbocycles. The van der Waals surface area contributed by atoms with Gasteiger partial charge in [0.05, 0.1) is 17.8 Å². The van der Waals surface area contributed by atoms with Crippen molar-refractivity contribution in [3.8, 4) is 0 Å². The topological polar surface area (TPSA) is 65.5 Å². The Balaban J connectivity index is 1.33. The Bertz CT molecular complexity index is 1290. The maximum atomic E-state index is 12.6. The minimum absolute atomic E-state index is 0.198. The summed E-state index contributed by atoms with van der Waals surface area (Å²) in [6.45, 7) is 3.06. The summed E-state index contributed by atoms with van der Waals surface area (Å²) in [5, 5.41) is 3.54. The van der Waals surface area contributed by atoms with Crippen molar-refractivity contribution < 1.29 is 9.59 Å². The van der Waals surface area contributed by atoms with Gasteiger partial charge in [0.2, 0.25) is 0 Å². The molecule has 1 spiro atoms. The Morgan fingerprint density at radius 1 is 1.06 bits per heavy atom. The summed E-state index contributed by atoms with van der Waals surface area (Å²) in [5.41, 5.74) is 6.14. The van der Waals surface area contributed by atoms with Crippen molar-refractivity contribution in [2.45, 2.75) is 50.7 Å². The number of nitrogens with one attached hydrogen (secondary N) is 1. The van der Waals surface area contributed by atoms with E-state index < -0.39 is 5.54 Å². The molecule has 2 aromatic carbocycles. The van der Waals surface area contributed by atoms with Gasteiger partial charge in [-0.1, -0.05) is 24.3 Å². The molecule has 162 valence electrons. The summed E-state index contributed by atoms with van der Waals surface area (Å²) in [7, 11) is 1.71. The second-order valence-corrected chi connectivity index (χ2v) is 9.46. The summed E-state index contributed by atoms with van der Waals surface area (Å²) in [5.74, 6) is -0.198. The van der Waals surface area contributed by atoms with Crippen LogP contribution in [0.25, 0.3) is 10.9 Å². The van der Waals surface area contributed by atoms with Gasteiger partial charge in [-0.2, -0.15) is 0 Å². The molecule has 1 saturated heterocycles. The van der Waals surface area contributed by atoms with E-state index in [4.69, 9.17) is 4.98 Å². The highest BCUT2D eigenvalue weighted by atomic mass is 16.2. The van der Waals surface area contributed by atoms with Crippen LogP contribution in [-0.4, -0.2) is 40.5 Å². The summed E-state index contributed by atoms with van der Waals surface area (Å²) in [4.78, 5) is 33.7. The average Bonchev–Trinajstić information content (AvgIpc) is 3.26. The average molecular weight is 427 g/mol. The molecule has 2 aliphatic heterocycles. The molecule has 3 amide bonds. The van der Waals surface area contributed by atoms with Crippen LogP contribution in [0.1, 0.15) is 35.7 Å². The summed E-state index contributed by atoms with van der Waals surface area (Å²) >= 11 is 0. The van der Waals surface area contributed by atoms with Gasteiger partial charge in [0.25, 0.3) is 5.91 Å². The Kier molecular flexibility index (Phi) is 4.09. The highest BCUT2D eigenvalue weighted by Gasteiger charge is 2.54. The van der Waals surface area contributed by atoms with Gasteiger partial charge in [-0.05, 0) is 60.7 Å². The number of nitrogens with zero attached hydrogens (tertiary/aromatic N) is 3. The molecule has 1 N–H and O–H groups in total. The van der Waals surface area contributed by atoms with E-state index >= 15 is 0 Å². The first kappa shape index (κ1) is 19.3. The first-order chi connectivity index (χ1) is 15.4. The molecule has 0 radical (unpaired) electrons. The van der Waals surface area contributed by atoms with Crippen LogP contribution >= 0.6 is 0 Å². The molecule has 1 aromatic heterocycles. The van der Waals surface area contributed by atoms with Crippen molar-refractivity contribution in [1.29, 1.82) is 0 Å². The number of para-hydroxylation sites is 1. The first-order valence-corrected chi connectivity index (χ1v) is 11.3. The molecule has 2 unspecified atom stereocenters. The van der Waals surface area contributed by atoms with Gasteiger partial charge in [-0.25, -0.2) is 4.79 Å². The lowest BCUT2D eigenvalue weighted by atomic mass is 9.95. The van der Waals surface area contributed by atoms with Crippen LogP contribution in [0, 0.1) is 0 Å². The molecule has 3 aromatic rings. The van der Waals surface area contributed by atoms with Gasteiger partial charge >= 0.3 is 6.03 Å². The Labute approximate surface area is 187 Å². The number of anilines is 1. The van der Waals surface area contributed by atoms with Crippen LogP contribution in [0.2, 0.25) is 0 Å². The van der Waals surface area contributed by atoms with Gasteiger partial charge in [0, 0.05) is 37.0 Å². The number of fused-ring (bicyclic) bond motifs is 3. The van der Waals surface area contributed by atoms with E-state index in [-0.39, 0.29) is 11.9 Å². The molecule has 32 heavy (non-hydrogen) atoms. The number of benzene rings is 2. The third kappa shape index (κ3) is 2.75. The smallest absolute Gasteiger partial charge is 0.324 e. The zero-order chi connectivity index (χ0) is 22.0. The zero-order valence-electron chi connectivity index (χ0n) is 18.4. The van der Waals surface area contributed by atoms with Crippen LogP contribution in [0.5, 0.6) is 0 Å². The third-order valence-electron chi connectivity index (χ3n) is 7.62. The van der Waals surface area contributed by atoms with Gasteiger partial charge in [-0.15, -0.1) is 0 Å².